The number of sulfonamides is 1. The number of halogens is 1. The lowest BCUT2D eigenvalue weighted by atomic mass is 9.93. The fourth-order valence-electron chi connectivity index (χ4n) is 3.43. The van der Waals surface area contributed by atoms with E-state index in [0.717, 1.165) is 16.3 Å². The molecule has 10 heteroatoms. The molecule has 8 nitrogen and oxygen atoms in total. The van der Waals surface area contributed by atoms with Gasteiger partial charge in [-0.1, -0.05) is 15.9 Å². The maximum atomic E-state index is 13.2. The van der Waals surface area contributed by atoms with E-state index in [0.29, 0.717) is 36.6 Å². The summed E-state index contributed by atoms with van der Waals surface area (Å²) in [4.78, 5) is 14.9. The minimum atomic E-state index is -3.57. The van der Waals surface area contributed by atoms with Gasteiger partial charge in [0.25, 0.3) is 5.91 Å². The summed E-state index contributed by atoms with van der Waals surface area (Å²) in [5.41, 5.74) is 2.42. The molecular weight excluding hydrogens is 488 g/mol. The lowest BCUT2D eigenvalue weighted by Gasteiger charge is -2.35. The number of carbonyl (C=O) groups excluding carboxylic acids is 1. The highest BCUT2D eigenvalue weighted by molar-refractivity contribution is 9.10. The molecule has 0 spiro atoms. The lowest BCUT2D eigenvalue weighted by Crippen LogP contribution is -2.44. The Bertz CT molecular complexity index is 1060. The number of benzene rings is 2. The van der Waals surface area contributed by atoms with Gasteiger partial charge in [0.2, 0.25) is 10.0 Å². The van der Waals surface area contributed by atoms with Gasteiger partial charge in [0.1, 0.15) is 5.75 Å². The molecule has 1 atom stereocenters. The van der Waals surface area contributed by atoms with Crippen LogP contribution in [0.3, 0.4) is 0 Å². The molecule has 2 aromatic carbocycles. The quantitative estimate of drug-likeness (QED) is 0.408. The van der Waals surface area contributed by atoms with Crippen molar-refractivity contribution in [2.75, 3.05) is 43.0 Å². The summed E-state index contributed by atoms with van der Waals surface area (Å²) in [6.07, 6.45) is 1.74. The van der Waals surface area contributed by atoms with Crippen LogP contribution in [0.15, 0.2) is 40.9 Å². The molecule has 0 aromatic heterocycles. The molecule has 2 aromatic rings. The van der Waals surface area contributed by atoms with Crippen molar-refractivity contribution in [2.24, 2.45) is 0 Å². The van der Waals surface area contributed by atoms with Crippen LogP contribution in [0, 0.1) is 0 Å². The summed E-state index contributed by atoms with van der Waals surface area (Å²) in [6.45, 7) is 2.66. The zero-order valence-electron chi connectivity index (χ0n) is 17.6. The second kappa shape index (κ2) is 9.99. The number of rotatable bonds is 9. The fraction of sp³-hybridized carbons (Fsp3) is 0.381. The fourth-order valence-corrected chi connectivity index (χ4v) is 4.40. The van der Waals surface area contributed by atoms with E-state index in [-0.39, 0.29) is 24.4 Å². The topological polar surface area (TPSA) is 94.2 Å². The highest BCUT2D eigenvalue weighted by Crippen LogP contribution is 2.35. The van der Waals surface area contributed by atoms with Crippen LogP contribution in [0.4, 0.5) is 11.4 Å². The average molecular weight is 513 g/mol. The molecule has 0 radical (unpaired) electrons. The number of fused-ring (bicyclic) bond motifs is 1. The first-order valence-corrected chi connectivity index (χ1v) is 12.3. The van der Waals surface area contributed by atoms with Crippen LogP contribution in [0.2, 0.25) is 0 Å². The number of hydrogen-bond donors (Lipinski definition) is 1. The van der Waals surface area contributed by atoms with E-state index in [9.17, 15) is 13.2 Å². The number of methoxy groups -OCH3 is 1. The Morgan fingerprint density at radius 3 is 2.68 bits per heavy atom. The van der Waals surface area contributed by atoms with E-state index in [4.69, 9.17) is 14.2 Å². The first-order chi connectivity index (χ1) is 14.7. The predicted molar refractivity (Wildman–Crippen MR) is 122 cm³/mol. The highest BCUT2D eigenvalue weighted by atomic mass is 79.9. The van der Waals surface area contributed by atoms with Gasteiger partial charge in [0.15, 0.2) is 6.79 Å². The number of carbonyl (C=O) groups is 1. The summed E-state index contributed by atoms with van der Waals surface area (Å²) in [7, 11) is -2.00. The van der Waals surface area contributed by atoms with Crippen LogP contribution in [0.5, 0.6) is 5.75 Å². The number of nitrogens with zero attached hydrogens (tertiary/aromatic N) is 1. The third-order valence-electron chi connectivity index (χ3n) is 4.74. The van der Waals surface area contributed by atoms with Crippen LogP contribution >= 0.6 is 15.9 Å². The van der Waals surface area contributed by atoms with E-state index in [1.54, 1.807) is 36.3 Å². The third-order valence-corrected chi connectivity index (χ3v) is 5.82. The van der Waals surface area contributed by atoms with Gasteiger partial charge in [-0.15, -0.1) is 0 Å². The molecule has 1 heterocycles. The van der Waals surface area contributed by atoms with Gasteiger partial charge in [0, 0.05) is 28.9 Å². The van der Waals surface area contributed by atoms with Crippen molar-refractivity contribution in [2.45, 2.75) is 19.4 Å². The van der Waals surface area contributed by atoms with Crippen LogP contribution in [0.1, 0.15) is 22.8 Å². The molecule has 0 bridgehead atoms. The molecule has 1 aliphatic heterocycles. The van der Waals surface area contributed by atoms with E-state index in [1.165, 1.54) is 0 Å². The molecule has 1 aliphatic rings. The summed E-state index contributed by atoms with van der Waals surface area (Å²) in [5, 5.41) is 0. The van der Waals surface area contributed by atoms with Crippen molar-refractivity contribution in [3.63, 3.8) is 0 Å². The van der Waals surface area contributed by atoms with E-state index in [2.05, 4.69) is 20.7 Å². The molecule has 0 aliphatic carbocycles. The molecule has 1 amide bonds. The second-order valence-corrected chi connectivity index (χ2v) is 9.91. The van der Waals surface area contributed by atoms with Gasteiger partial charge in [-0.05, 0) is 55.3 Å². The second-order valence-electron chi connectivity index (χ2n) is 7.25. The van der Waals surface area contributed by atoms with Crippen LogP contribution < -0.4 is 14.4 Å². The number of ether oxygens (including phenoxy) is 3. The Balaban J connectivity index is 1.89. The Labute approximate surface area is 190 Å². The van der Waals surface area contributed by atoms with Crippen LogP contribution in [-0.4, -0.2) is 53.7 Å². The maximum Gasteiger partial charge on any atom is 0.258 e. The van der Waals surface area contributed by atoms with Gasteiger partial charge in [0.05, 0.1) is 25.2 Å². The molecule has 168 valence electrons. The normalized spacial score (nSPS) is 16.2. The molecule has 1 N–H and O–H groups in total. The van der Waals surface area contributed by atoms with Crippen molar-refractivity contribution < 1.29 is 27.4 Å². The number of anilines is 2. The highest BCUT2D eigenvalue weighted by Gasteiger charge is 2.31. The molecule has 0 fully saturated rings. The molecule has 31 heavy (non-hydrogen) atoms. The number of hydrogen-bond acceptors (Lipinski definition) is 6. The Morgan fingerprint density at radius 1 is 1.19 bits per heavy atom. The van der Waals surface area contributed by atoms with Gasteiger partial charge >= 0.3 is 0 Å². The SMILES string of the molecule is COCCOCOc1ccc(N2C(=O)c3ccc(Br)cc3CC2C)cc1NS(C)(=O)=O. The Morgan fingerprint density at radius 2 is 1.97 bits per heavy atom. The molecule has 1 unspecified atom stereocenters. The minimum Gasteiger partial charge on any atom is -0.465 e. The predicted octanol–water partition coefficient (Wildman–Crippen LogP) is 3.41. The first-order valence-electron chi connectivity index (χ1n) is 9.63. The molecule has 0 saturated heterocycles. The van der Waals surface area contributed by atoms with Gasteiger partial charge in [-0.3, -0.25) is 9.52 Å². The summed E-state index contributed by atoms with van der Waals surface area (Å²) in [5.74, 6) is 0.163. The lowest BCUT2D eigenvalue weighted by molar-refractivity contribution is -0.00814. The first kappa shape index (κ1) is 23.5. The van der Waals surface area contributed by atoms with Gasteiger partial charge in [-0.2, -0.15) is 0 Å². The molecule has 0 saturated carbocycles. The van der Waals surface area contributed by atoms with Crippen molar-refractivity contribution in [1.82, 2.24) is 0 Å². The molecule has 3 rings (SSSR count). The largest absolute Gasteiger partial charge is 0.465 e. The third kappa shape index (κ3) is 5.97. The van der Waals surface area contributed by atoms with Crippen LogP contribution in [-0.2, 0) is 25.9 Å². The van der Waals surface area contributed by atoms with Gasteiger partial charge < -0.3 is 19.1 Å². The Hall–Kier alpha value is -2.14. The molecular formula is C21H25BrN2O6S. The zero-order chi connectivity index (χ0) is 22.6. The maximum absolute atomic E-state index is 13.2. The van der Waals surface area contributed by atoms with Crippen molar-refractivity contribution in [1.29, 1.82) is 0 Å². The summed E-state index contributed by atoms with van der Waals surface area (Å²) in [6, 6.07) is 10.4. The smallest absolute Gasteiger partial charge is 0.258 e. The average Bonchev–Trinajstić information content (AvgIpc) is 2.67. The standard InChI is InChI=1S/C21H25BrN2O6S/c1-14-10-15-11-16(22)4-6-18(15)21(25)24(14)17-5-7-20(30-13-29-9-8-28-2)19(12-17)23-31(3,26)27/h4-7,11-12,14,23H,8-10,13H2,1-3H3. The monoisotopic (exact) mass is 512 g/mol. The van der Waals surface area contributed by atoms with Gasteiger partial charge in [-0.25, -0.2) is 8.42 Å². The van der Waals surface area contributed by atoms with E-state index >= 15 is 0 Å². The number of nitrogens with one attached hydrogen (secondary N) is 1. The number of amides is 1. The van der Waals surface area contributed by atoms with Crippen molar-refractivity contribution >= 4 is 43.2 Å². The van der Waals surface area contributed by atoms with E-state index in [1.807, 2.05) is 19.1 Å². The van der Waals surface area contributed by atoms with Crippen molar-refractivity contribution in [3.8, 4) is 5.75 Å². The zero-order valence-corrected chi connectivity index (χ0v) is 20.0. The van der Waals surface area contributed by atoms with Crippen molar-refractivity contribution in [3.05, 3.63) is 52.0 Å². The summed E-state index contributed by atoms with van der Waals surface area (Å²) >= 11 is 3.45. The Kier molecular flexibility index (Phi) is 7.58. The van der Waals surface area contributed by atoms with E-state index < -0.39 is 10.0 Å². The van der Waals surface area contributed by atoms with Crippen LogP contribution in [0.25, 0.3) is 0 Å². The summed E-state index contributed by atoms with van der Waals surface area (Å²) < 4.78 is 42.9. The minimum absolute atomic E-state index is 0.0670.